The first-order valence-corrected chi connectivity index (χ1v) is 8.26. The van der Waals surface area contributed by atoms with Gasteiger partial charge in [0.15, 0.2) is 5.96 Å². The average Bonchev–Trinajstić information content (AvgIpc) is 3.06. The van der Waals surface area contributed by atoms with E-state index in [0.717, 1.165) is 31.0 Å². The number of hydrogen-bond donors (Lipinski definition) is 3. The van der Waals surface area contributed by atoms with Gasteiger partial charge in [-0.3, -0.25) is 9.79 Å². The molecule has 0 heterocycles. The highest BCUT2D eigenvalue weighted by atomic mass is 127. The van der Waals surface area contributed by atoms with E-state index in [-0.39, 0.29) is 42.0 Å². The first kappa shape index (κ1) is 21.6. The maximum Gasteiger partial charge on any atom is 0.221 e. The standard InChI is InChI=1S/C17H24F2N4O.HI/c1-20-17(22-11-12-10-13(18)6-7-15(12)19)21-9-8-16(24)23-14-4-2-3-5-14;/h6-7,10,14H,2-5,8-9,11H2,1H3,(H,23,24)(H2,20,21,22);1H. The Morgan fingerprint density at radius 2 is 1.96 bits per heavy atom. The molecular formula is C17H25F2IN4O. The molecule has 1 aromatic carbocycles. The van der Waals surface area contributed by atoms with E-state index in [9.17, 15) is 13.6 Å². The van der Waals surface area contributed by atoms with Crippen molar-refractivity contribution < 1.29 is 13.6 Å². The predicted octanol–water partition coefficient (Wildman–Crippen LogP) is 2.70. The second kappa shape index (κ2) is 11.2. The van der Waals surface area contributed by atoms with E-state index in [1.165, 1.54) is 12.8 Å². The van der Waals surface area contributed by atoms with E-state index in [1.807, 2.05) is 0 Å². The van der Waals surface area contributed by atoms with Crippen LogP contribution >= 0.6 is 24.0 Å². The molecule has 25 heavy (non-hydrogen) atoms. The first-order valence-electron chi connectivity index (χ1n) is 8.26. The zero-order chi connectivity index (χ0) is 17.4. The molecule has 0 bridgehead atoms. The van der Waals surface area contributed by atoms with Gasteiger partial charge in [-0.15, -0.1) is 24.0 Å². The summed E-state index contributed by atoms with van der Waals surface area (Å²) in [6.45, 7) is 0.529. The van der Waals surface area contributed by atoms with Crippen LogP contribution in [0.5, 0.6) is 0 Å². The normalized spacial score (nSPS) is 14.8. The van der Waals surface area contributed by atoms with Gasteiger partial charge < -0.3 is 16.0 Å². The summed E-state index contributed by atoms with van der Waals surface area (Å²) >= 11 is 0. The van der Waals surface area contributed by atoms with Gasteiger partial charge >= 0.3 is 0 Å². The minimum Gasteiger partial charge on any atom is -0.356 e. The van der Waals surface area contributed by atoms with E-state index < -0.39 is 11.6 Å². The number of amides is 1. The van der Waals surface area contributed by atoms with Crippen molar-refractivity contribution in [3.8, 4) is 0 Å². The fraction of sp³-hybridized carbons (Fsp3) is 0.529. The van der Waals surface area contributed by atoms with Crippen LogP contribution in [0.1, 0.15) is 37.7 Å². The summed E-state index contributed by atoms with van der Waals surface area (Å²) in [6.07, 6.45) is 4.81. The highest BCUT2D eigenvalue weighted by Gasteiger charge is 2.16. The van der Waals surface area contributed by atoms with Crippen LogP contribution in [0.15, 0.2) is 23.2 Å². The van der Waals surface area contributed by atoms with E-state index in [4.69, 9.17) is 0 Å². The Labute approximate surface area is 164 Å². The minimum absolute atomic E-state index is 0. The largest absolute Gasteiger partial charge is 0.356 e. The smallest absolute Gasteiger partial charge is 0.221 e. The summed E-state index contributed by atoms with van der Waals surface area (Å²) in [5, 5.41) is 8.90. The average molecular weight is 466 g/mol. The van der Waals surface area contributed by atoms with E-state index in [0.29, 0.717) is 25.0 Å². The zero-order valence-corrected chi connectivity index (χ0v) is 16.6. The Morgan fingerprint density at radius 3 is 2.64 bits per heavy atom. The molecule has 0 spiro atoms. The quantitative estimate of drug-likeness (QED) is 0.343. The van der Waals surface area contributed by atoms with Gasteiger partial charge in [0.2, 0.25) is 5.91 Å². The molecule has 0 aromatic heterocycles. The van der Waals surface area contributed by atoms with Gasteiger partial charge in [0.05, 0.1) is 0 Å². The number of nitrogens with zero attached hydrogens (tertiary/aromatic N) is 1. The lowest BCUT2D eigenvalue weighted by Gasteiger charge is -2.14. The molecule has 0 saturated heterocycles. The van der Waals surface area contributed by atoms with Crippen LogP contribution in [0.4, 0.5) is 8.78 Å². The van der Waals surface area contributed by atoms with Gasteiger partial charge in [0.1, 0.15) is 11.6 Å². The Balaban J connectivity index is 0.00000312. The van der Waals surface area contributed by atoms with Gasteiger partial charge in [0, 0.05) is 38.2 Å². The summed E-state index contributed by atoms with van der Waals surface area (Å²) < 4.78 is 26.7. The van der Waals surface area contributed by atoms with Gasteiger partial charge in [-0.25, -0.2) is 8.78 Å². The third-order valence-corrected chi connectivity index (χ3v) is 4.04. The Kier molecular flexibility index (Phi) is 9.69. The van der Waals surface area contributed by atoms with Crippen molar-refractivity contribution in [3.63, 3.8) is 0 Å². The third-order valence-electron chi connectivity index (χ3n) is 4.04. The van der Waals surface area contributed by atoms with Gasteiger partial charge in [-0.1, -0.05) is 12.8 Å². The summed E-state index contributed by atoms with van der Waals surface area (Å²) in [4.78, 5) is 15.8. The molecular weight excluding hydrogens is 441 g/mol. The van der Waals surface area contributed by atoms with Crippen molar-refractivity contribution in [2.24, 2.45) is 4.99 Å². The zero-order valence-electron chi connectivity index (χ0n) is 14.3. The molecule has 0 radical (unpaired) electrons. The topological polar surface area (TPSA) is 65.5 Å². The number of hydrogen-bond acceptors (Lipinski definition) is 2. The summed E-state index contributed by atoms with van der Waals surface area (Å²) in [5.41, 5.74) is 0.219. The fourth-order valence-corrected chi connectivity index (χ4v) is 2.74. The van der Waals surface area contributed by atoms with Crippen LogP contribution in [0.2, 0.25) is 0 Å². The summed E-state index contributed by atoms with van der Waals surface area (Å²) in [5.74, 6) is -0.511. The molecule has 1 saturated carbocycles. The van der Waals surface area contributed by atoms with Crippen molar-refractivity contribution >= 4 is 35.8 Å². The lowest BCUT2D eigenvalue weighted by Crippen LogP contribution is -2.40. The van der Waals surface area contributed by atoms with Crippen LogP contribution in [0.3, 0.4) is 0 Å². The summed E-state index contributed by atoms with van der Waals surface area (Å²) in [6, 6.07) is 3.63. The van der Waals surface area contributed by atoms with Crippen molar-refractivity contribution in [2.75, 3.05) is 13.6 Å². The van der Waals surface area contributed by atoms with Crippen LogP contribution in [0, 0.1) is 11.6 Å². The second-order valence-electron chi connectivity index (χ2n) is 5.89. The molecule has 8 heteroatoms. The fourth-order valence-electron chi connectivity index (χ4n) is 2.74. The molecule has 5 nitrogen and oxygen atoms in total. The molecule has 1 fully saturated rings. The van der Waals surface area contributed by atoms with Crippen LogP contribution < -0.4 is 16.0 Å². The number of rotatable bonds is 6. The van der Waals surface area contributed by atoms with Crippen LogP contribution in [-0.2, 0) is 11.3 Å². The highest BCUT2D eigenvalue weighted by molar-refractivity contribution is 14.0. The lowest BCUT2D eigenvalue weighted by atomic mass is 10.2. The number of halogens is 3. The molecule has 1 aromatic rings. The predicted molar refractivity (Wildman–Crippen MR) is 105 cm³/mol. The molecule has 0 aliphatic heterocycles. The Hall–Kier alpha value is -1.45. The molecule has 2 rings (SSSR count). The van der Waals surface area contributed by atoms with Crippen molar-refractivity contribution in [1.82, 2.24) is 16.0 Å². The van der Waals surface area contributed by atoms with Crippen LogP contribution in [0.25, 0.3) is 0 Å². The first-order chi connectivity index (χ1) is 11.6. The molecule has 0 unspecified atom stereocenters. The minimum atomic E-state index is -0.486. The maximum absolute atomic E-state index is 13.6. The van der Waals surface area contributed by atoms with Crippen molar-refractivity contribution in [2.45, 2.75) is 44.7 Å². The Bertz CT molecular complexity index is 592. The van der Waals surface area contributed by atoms with E-state index in [1.54, 1.807) is 7.05 Å². The monoisotopic (exact) mass is 466 g/mol. The highest BCUT2D eigenvalue weighted by Crippen LogP contribution is 2.17. The SMILES string of the molecule is CN=C(NCCC(=O)NC1CCCC1)NCc1cc(F)ccc1F.I. The molecule has 0 atom stereocenters. The number of benzene rings is 1. The van der Waals surface area contributed by atoms with E-state index >= 15 is 0 Å². The van der Waals surface area contributed by atoms with Crippen LogP contribution in [-0.4, -0.2) is 31.5 Å². The molecule has 1 amide bonds. The van der Waals surface area contributed by atoms with Crippen molar-refractivity contribution in [1.29, 1.82) is 0 Å². The van der Waals surface area contributed by atoms with Gasteiger partial charge in [-0.05, 0) is 31.0 Å². The van der Waals surface area contributed by atoms with Gasteiger partial charge in [0.25, 0.3) is 0 Å². The van der Waals surface area contributed by atoms with Gasteiger partial charge in [-0.2, -0.15) is 0 Å². The van der Waals surface area contributed by atoms with E-state index in [2.05, 4.69) is 20.9 Å². The van der Waals surface area contributed by atoms with Crippen molar-refractivity contribution in [3.05, 3.63) is 35.4 Å². The lowest BCUT2D eigenvalue weighted by molar-refractivity contribution is -0.121. The molecule has 3 N–H and O–H groups in total. The molecule has 1 aliphatic carbocycles. The second-order valence-corrected chi connectivity index (χ2v) is 5.89. The number of nitrogens with one attached hydrogen (secondary N) is 3. The Morgan fingerprint density at radius 1 is 1.24 bits per heavy atom. The molecule has 1 aliphatic rings. The number of aliphatic imine (C=N–C) groups is 1. The third kappa shape index (κ3) is 7.54. The number of carbonyl (C=O) groups excluding carboxylic acids is 1. The number of guanidine groups is 1. The number of carbonyl (C=O) groups is 1. The summed E-state index contributed by atoms with van der Waals surface area (Å²) in [7, 11) is 1.58. The molecule has 140 valence electrons. The maximum atomic E-state index is 13.6.